The molecule has 0 aliphatic rings. The highest BCUT2D eigenvalue weighted by Gasteiger charge is 2.10. The number of rotatable bonds is 8. The molecule has 4 nitrogen and oxygen atoms in total. The zero-order valence-corrected chi connectivity index (χ0v) is 17.2. The molecular weight excluding hydrogens is 374 g/mol. The standard InChI is InChI=1S/C26H25NO3/c1-28-24-15-12-22(26(17-24)29-2)18-27-16-6-9-25(27)21-10-13-23(14-11-21)30-19-20-7-4-3-5-8-20/h3-17H,18-19H2,1-2H3. The second-order valence-corrected chi connectivity index (χ2v) is 7.00. The van der Waals surface area contributed by atoms with E-state index < -0.39 is 0 Å². The SMILES string of the molecule is COc1ccc(Cn2cccc2-c2ccc(OCc3ccccc3)cc2)c(OC)c1. The predicted molar refractivity (Wildman–Crippen MR) is 119 cm³/mol. The molecule has 4 heteroatoms. The minimum atomic E-state index is 0.563. The largest absolute Gasteiger partial charge is 0.497 e. The van der Waals surface area contributed by atoms with Gasteiger partial charge in [-0.05, 0) is 59.7 Å². The molecule has 4 aromatic rings. The molecular formula is C26H25NO3. The third-order valence-corrected chi connectivity index (χ3v) is 5.06. The molecule has 0 atom stereocenters. The van der Waals surface area contributed by atoms with Gasteiger partial charge in [-0.1, -0.05) is 30.3 Å². The fourth-order valence-corrected chi connectivity index (χ4v) is 3.44. The molecule has 0 amide bonds. The Morgan fingerprint density at radius 1 is 0.733 bits per heavy atom. The van der Waals surface area contributed by atoms with Gasteiger partial charge in [-0.15, -0.1) is 0 Å². The maximum absolute atomic E-state index is 5.91. The van der Waals surface area contributed by atoms with Crippen LogP contribution < -0.4 is 14.2 Å². The lowest BCUT2D eigenvalue weighted by atomic mass is 10.1. The number of aromatic nitrogens is 1. The zero-order chi connectivity index (χ0) is 20.8. The van der Waals surface area contributed by atoms with Gasteiger partial charge in [-0.3, -0.25) is 0 Å². The number of nitrogens with zero attached hydrogens (tertiary/aromatic N) is 1. The fourth-order valence-electron chi connectivity index (χ4n) is 3.44. The molecule has 30 heavy (non-hydrogen) atoms. The second-order valence-electron chi connectivity index (χ2n) is 7.00. The van der Waals surface area contributed by atoms with Crippen molar-refractivity contribution in [2.24, 2.45) is 0 Å². The highest BCUT2D eigenvalue weighted by Crippen LogP contribution is 2.28. The van der Waals surface area contributed by atoms with Crippen LogP contribution in [0, 0.1) is 0 Å². The van der Waals surface area contributed by atoms with E-state index in [0.29, 0.717) is 13.2 Å². The molecule has 152 valence electrons. The van der Waals surface area contributed by atoms with Gasteiger partial charge in [0.1, 0.15) is 23.9 Å². The van der Waals surface area contributed by atoms with Gasteiger partial charge in [0, 0.05) is 23.5 Å². The molecule has 0 saturated heterocycles. The van der Waals surface area contributed by atoms with Crippen molar-refractivity contribution >= 4 is 0 Å². The first-order valence-electron chi connectivity index (χ1n) is 9.90. The van der Waals surface area contributed by atoms with Gasteiger partial charge >= 0.3 is 0 Å². The van der Waals surface area contributed by atoms with Crippen LogP contribution in [-0.2, 0) is 13.2 Å². The Balaban J connectivity index is 1.49. The van der Waals surface area contributed by atoms with E-state index in [1.54, 1.807) is 14.2 Å². The van der Waals surface area contributed by atoms with Gasteiger partial charge in [-0.25, -0.2) is 0 Å². The van der Waals surface area contributed by atoms with E-state index in [-0.39, 0.29) is 0 Å². The minimum absolute atomic E-state index is 0.563. The lowest BCUT2D eigenvalue weighted by Gasteiger charge is -2.14. The van der Waals surface area contributed by atoms with Crippen molar-refractivity contribution in [2.75, 3.05) is 14.2 Å². The molecule has 0 aliphatic carbocycles. The summed E-state index contributed by atoms with van der Waals surface area (Å²) >= 11 is 0. The van der Waals surface area contributed by atoms with Crippen molar-refractivity contribution in [3.8, 4) is 28.5 Å². The summed E-state index contributed by atoms with van der Waals surface area (Å²) in [5.41, 5.74) is 4.53. The van der Waals surface area contributed by atoms with Crippen LogP contribution in [0.15, 0.2) is 91.1 Å². The molecule has 0 saturated carbocycles. The lowest BCUT2D eigenvalue weighted by molar-refractivity contribution is 0.306. The zero-order valence-electron chi connectivity index (χ0n) is 17.2. The summed E-state index contributed by atoms with van der Waals surface area (Å²) in [6, 6.07) is 28.5. The lowest BCUT2D eigenvalue weighted by Crippen LogP contribution is -2.03. The highest BCUT2D eigenvalue weighted by atomic mass is 16.5. The van der Waals surface area contributed by atoms with Crippen molar-refractivity contribution in [1.29, 1.82) is 0 Å². The first kappa shape index (κ1) is 19.6. The average Bonchev–Trinajstić information content (AvgIpc) is 3.27. The van der Waals surface area contributed by atoms with E-state index >= 15 is 0 Å². The maximum Gasteiger partial charge on any atom is 0.127 e. The minimum Gasteiger partial charge on any atom is -0.497 e. The van der Waals surface area contributed by atoms with Crippen LogP contribution in [-0.4, -0.2) is 18.8 Å². The molecule has 4 rings (SSSR count). The predicted octanol–water partition coefficient (Wildman–Crippen LogP) is 5.80. The summed E-state index contributed by atoms with van der Waals surface area (Å²) in [5.74, 6) is 2.46. The smallest absolute Gasteiger partial charge is 0.127 e. The number of hydrogen-bond donors (Lipinski definition) is 0. The normalized spacial score (nSPS) is 10.6. The Kier molecular flexibility index (Phi) is 6.04. The number of ether oxygens (including phenoxy) is 3. The van der Waals surface area contributed by atoms with Gasteiger partial charge in [0.05, 0.1) is 20.8 Å². The quantitative estimate of drug-likeness (QED) is 0.375. The van der Waals surface area contributed by atoms with E-state index in [9.17, 15) is 0 Å². The molecule has 0 unspecified atom stereocenters. The summed E-state index contributed by atoms with van der Waals surface area (Å²) in [4.78, 5) is 0. The first-order valence-corrected chi connectivity index (χ1v) is 9.90. The van der Waals surface area contributed by atoms with E-state index in [1.807, 2.05) is 48.5 Å². The van der Waals surface area contributed by atoms with Gasteiger partial charge in [-0.2, -0.15) is 0 Å². The average molecular weight is 399 g/mol. The summed E-state index contributed by atoms with van der Waals surface area (Å²) in [6.07, 6.45) is 2.08. The molecule has 3 aromatic carbocycles. The second kappa shape index (κ2) is 9.23. The molecule has 0 spiro atoms. The third-order valence-electron chi connectivity index (χ3n) is 5.06. The molecule has 1 heterocycles. The first-order chi connectivity index (χ1) is 14.8. The van der Waals surface area contributed by atoms with Crippen LogP contribution in [0.4, 0.5) is 0 Å². The van der Waals surface area contributed by atoms with Crippen LogP contribution in [0.5, 0.6) is 17.2 Å². The Morgan fingerprint density at radius 2 is 1.50 bits per heavy atom. The van der Waals surface area contributed by atoms with Crippen LogP contribution in [0.3, 0.4) is 0 Å². The molecule has 0 fully saturated rings. The molecule has 1 aromatic heterocycles. The summed E-state index contributed by atoms with van der Waals surface area (Å²) in [7, 11) is 3.34. The molecule has 0 aliphatic heterocycles. The van der Waals surface area contributed by atoms with Gasteiger partial charge in [0.25, 0.3) is 0 Å². The summed E-state index contributed by atoms with van der Waals surface area (Å²) < 4.78 is 19.0. The topological polar surface area (TPSA) is 32.6 Å². The Hall–Kier alpha value is -3.66. The van der Waals surface area contributed by atoms with Crippen molar-refractivity contribution in [2.45, 2.75) is 13.2 Å². The number of hydrogen-bond acceptors (Lipinski definition) is 3. The van der Waals surface area contributed by atoms with E-state index in [4.69, 9.17) is 14.2 Å². The monoisotopic (exact) mass is 399 g/mol. The number of benzene rings is 3. The Labute approximate surface area is 177 Å². The van der Waals surface area contributed by atoms with Crippen molar-refractivity contribution in [3.05, 3.63) is 102 Å². The maximum atomic E-state index is 5.91. The Bertz CT molecular complexity index is 1080. The van der Waals surface area contributed by atoms with Crippen LogP contribution in [0.1, 0.15) is 11.1 Å². The molecule has 0 radical (unpaired) electrons. The third kappa shape index (κ3) is 4.49. The van der Waals surface area contributed by atoms with E-state index in [1.165, 1.54) is 0 Å². The van der Waals surface area contributed by atoms with Crippen LogP contribution in [0.2, 0.25) is 0 Å². The van der Waals surface area contributed by atoms with Gasteiger partial charge in [0.2, 0.25) is 0 Å². The molecule has 0 N–H and O–H groups in total. The van der Waals surface area contributed by atoms with Gasteiger partial charge < -0.3 is 18.8 Å². The summed E-state index contributed by atoms with van der Waals surface area (Å²) in [5, 5.41) is 0. The van der Waals surface area contributed by atoms with Gasteiger partial charge in [0.15, 0.2) is 0 Å². The number of methoxy groups -OCH3 is 2. The van der Waals surface area contributed by atoms with Crippen molar-refractivity contribution in [3.63, 3.8) is 0 Å². The van der Waals surface area contributed by atoms with Crippen molar-refractivity contribution < 1.29 is 14.2 Å². The summed E-state index contributed by atoms with van der Waals surface area (Å²) in [6.45, 7) is 1.27. The fraction of sp³-hybridized carbons (Fsp3) is 0.154. The van der Waals surface area contributed by atoms with E-state index in [2.05, 4.69) is 47.2 Å². The van der Waals surface area contributed by atoms with Crippen LogP contribution in [0.25, 0.3) is 11.3 Å². The highest BCUT2D eigenvalue weighted by molar-refractivity contribution is 5.61. The Morgan fingerprint density at radius 3 is 2.23 bits per heavy atom. The van der Waals surface area contributed by atoms with Crippen molar-refractivity contribution in [1.82, 2.24) is 4.57 Å². The van der Waals surface area contributed by atoms with E-state index in [0.717, 1.165) is 39.6 Å². The van der Waals surface area contributed by atoms with Crippen LogP contribution >= 0.6 is 0 Å². The molecule has 0 bridgehead atoms.